The highest BCUT2D eigenvalue weighted by atomic mass is 16.2. The Kier molecular flexibility index (Phi) is 6.21. The van der Waals surface area contributed by atoms with Gasteiger partial charge in [-0.05, 0) is 46.0 Å². The van der Waals surface area contributed by atoms with Crippen LogP contribution in [-0.4, -0.2) is 62.7 Å². The summed E-state index contributed by atoms with van der Waals surface area (Å²) in [6.07, 6.45) is 6.28. The number of aromatic nitrogens is 2. The van der Waals surface area contributed by atoms with Gasteiger partial charge in [-0.2, -0.15) is 0 Å². The predicted molar refractivity (Wildman–Crippen MR) is 115 cm³/mol. The average Bonchev–Trinajstić information content (AvgIpc) is 3.14. The van der Waals surface area contributed by atoms with Gasteiger partial charge in [-0.25, -0.2) is 4.98 Å². The summed E-state index contributed by atoms with van der Waals surface area (Å²) in [6.45, 7) is 4.60. The van der Waals surface area contributed by atoms with Crippen LogP contribution in [-0.2, 0) is 25.6 Å². The molecular weight excluding hydrogens is 412 g/mol. The number of imidazole rings is 1. The molecule has 1 saturated carbocycles. The molecule has 10 heteroatoms. The van der Waals surface area contributed by atoms with Crippen LogP contribution in [0.25, 0.3) is 0 Å². The molecule has 4 rings (SSSR count). The maximum atomic E-state index is 13.4. The van der Waals surface area contributed by atoms with Gasteiger partial charge in [-0.1, -0.05) is 0 Å². The van der Waals surface area contributed by atoms with E-state index in [4.69, 9.17) is 10.7 Å². The van der Waals surface area contributed by atoms with E-state index in [0.717, 1.165) is 24.4 Å². The van der Waals surface area contributed by atoms with E-state index in [1.54, 1.807) is 0 Å². The van der Waals surface area contributed by atoms with Crippen LogP contribution in [0.2, 0.25) is 0 Å². The second kappa shape index (κ2) is 8.91. The number of nitrogens with two attached hydrogens (primary N) is 1. The smallest absolute Gasteiger partial charge is 0.246 e. The van der Waals surface area contributed by atoms with Gasteiger partial charge in [-0.15, -0.1) is 0 Å². The molecule has 0 unspecified atom stereocenters. The third-order valence-electron chi connectivity index (χ3n) is 6.51. The molecule has 1 aliphatic carbocycles. The van der Waals surface area contributed by atoms with Crippen LogP contribution in [0.5, 0.6) is 0 Å². The molecule has 0 bridgehead atoms. The van der Waals surface area contributed by atoms with E-state index < -0.39 is 29.9 Å². The first-order valence-corrected chi connectivity index (χ1v) is 11.5. The Labute approximate surface area is 187 Å². The maximum Gasteiger partial charge on any atom is 0.246 e. The molecule has 2 aliphatic heterocycles. The van der Waals surface area contributed by atoms with Crippen LogP contribution in [0.4, 0.5) is 0 Å². The molecule has 3 fully saturated rings. The molecular formula is C22H32N6O4. The van der Waals surface area contributed by atoms with Crippen molar-refractivity contribution in [1.29, 1.82) is 0 Å². The highest BCUT2D eigenvalue weighted by molar-refractivity contribution is 5.95. The Hall–Kier alpha value is -2.91. The molecule has 32 heavy (non-hydrogen) atoms. The Bertz CT molecular complexity index is 902. The highest BCUT2D eigenvalue weighted by Gasteiger charge is 2.39. The van der Waals surface area contributed by atoms with Gasteiger partial charge in [0.2, 0.25) is 23.6 Å². The second-order valence-corrected chi connectivity index (χ2v) is 9.38. The van der Waals surface area contributed by atoms with Crippen LogP contribution >= 0.6 is 0 Å². The lowest BCUT2D eigenvalue weighted by molar-refractivity contribution is -0.140. The standard InChI is InChI=1S/C22H32N6O4/c1-12(2)28-11-14(24-20(28)13-5-6-13)10-16(26-21(31)15-7-8-18(29)25-15)22(32)27-9-3-4-17(27)19(23)30/h11-13,15-17H,3-10H2,1-2H3,(H2,23,30)(H,25,29)(H,26,31)/t15-,16-,17-/m0/s1. The molecule has 10 nitrogen and oxygen atoms in total. The Morgan fingerprint density at radius 1 is 1.25 bits per heavy atom. The number of nitrogens with zero attached hydrogens (tertiary/aromatic N) is 3. The lowest BCUT2D eigenvalue weighted by atomic mass is 10.1. The van der Waals surface area contributed by atoms with E-state index in [0.29, 0.717) is 31.7 Å². The molecule has 3 atom stereocenters. The first-order chi connectivity index (χ1) is 15.2. The van der Waals surface area contributed by atoms with Gasteiger partial charge in [0.1, 0.15) is 23.9 Å². The van der Waals surface area contributed by atoms with Crippen molar-refractivity contribution >= 4 is 23.6 Å². The molecule has 0 spiro atoms. The van der Waals surface area contributed by atoms with E-state index in [9.17, 15) is 19.2 Å². The highest BCUT2D eigenvalue weighted by Crippen LogP contribution is 2.40. The summed E-state index contributed by atoms with van der Waals surface area (Å²) < 4.78 is 2.13. The minimum absolute atomic E-state index is 0.175. The lowest BCUT2D eigenvalue weighted by Crippen LogP contribution is -2.56. The molecule has 4 amide bonds. The van der Waals surface area contributed by atoms with Crippen LogP contribution in [0, 0.1) is 0 Å². The van der Waals surface area contributed by atoms with Crippen LogP contribution in [0.3, 0.4) is 0 Å². The summed E-state index contributed by atoms with van der Waals surface area (Å²) in [4.78, 5) is 55.9. The average molecular weight is 445 g/mol. The molecule has 1 aromatic heterocycles. The zero-order valence-corrected chi connectivity index (χ0v) is 18.7. The largest absolute Gasteiger partial charge is 0.368 e. The molecule has 0 radical (unpaired) electrons. The van der Waals surface area contributed by atoms with Crippen molar-refractivity contribution in [2.24, 2.45) is 5.73 Å². The number of nitrogens with one attached hydrogen (secondary N) is 2. The topological polar surface area (TPSA) is 139 Å². The van der Waals surface area contributed by atoms with Gasteiger partial charge in [0.25, 0.3) is 0 Å². The molecule has 4 N–H and O–H groups in total. The van der Waals surface area contributed by atoms with E-state index in [-0.39, 0.29) is 30.7 Å². The van der Waals surface area contributed by atoms with E-state index in [1.807, 2.05) is 6.20 Å². The minimum atomic E-state index is -0.887. The Balaban J connectivity index is 1.56. The van der Waals surface area contributed by atoms with Gasteiger partial charge < -0.3 is 25.8 Å². The zero-order valence-electron chi connectivity index (χ0n) is 18.7. The number of carbonyl (C=O) groups excluding carboxylic acids is 4. The van der Waals surface area contributed by atoms with Crippen molar-refractivity contribution in [3.05, 3.63) is 17.7 Å². The van der Waals surface area contributed by atoms with Gasteiger partial charge in [-0.3, -0.25) is 19.2 Å². The SMILES string of the molecule is CC(C)n1cc(C[C@H](NC(=O)[C@@H]2CCC(=O)N2)C(=O)N2CCC[C@H]2C(N)=O)nc1C1CC1. The molecule has 0 aromatic carbocycles. The number of likely N-dealkylation sites (tertiary alicyclic amines) is 1. The van der Waals surface area contributed by atoms with Crippen molar-refractivity contribution < 1.29 is 19.2 Å². The fourth-order valence-electron chi connectivity index (χ4n) is 4.63. The summed E-state index contributed by atoms with van der Waals surface area (Å²) >= 11 is 0. The van der Waals surface area contributed by atoms with Gasteiger partial charge in [0, 0.05) is 37.5 Å². The third kappa shape index (κ3) is 4.63. The molecule has 3 heterocycles. The molecule has 3 aliphatic rings. The van der Waals surface area contributed by atoms with Crippen molar-refractivity contribution in [2.45, 2.75) is 88.9 Å². The minimum Gasteiger partial charge on any atom is -0.368 e. The number of primary amides is 1. The zero-order chi connectivity index (χ0) is 23.0. The third-order valence-corrected chi connectivity index (χ3v) is 6.51. The van der Waals surface area contributed by atoms with Crippen LogP contribution < -0.4 is 16.4 Å². The Morgan fingerprint density at radius 3 is 2.59 bits per heavy atom. The first-order valence-electron chi connectivity index (χ1n) is 11.5. The fraction of sp³-hybridized carbons (Fsp3) is 0.682. The monoisotopic (exact) mass is 444 g/mol. The maximum absolute atomic E-state index is 13.4. The first kappa shape index (κ1) is 22.3. The normalized spacial score (nSPS) is 24.0. The van der Waals surface area contributed by atoms with Crippen molar-refractivity contribution in [3.63, 3.8) is 0 Å². The molecule has 174 valence electrons. The number of hydrogen-bond donors (Lipinski definition) is 3. The Morgan fingerprint density at radius 2 is 2.00 bits per heavy atom. The van der Waals surface area contributed by atoms with Gasteiger partial charge in [0.05, 0.1) is 5.69 Å². The summed E-state index contributed by atoms with van der Waals surface area (Å²) in [6, 6.07) is -1.97. The fourth-order valence-corrected chi connectivity index (χ4v) is 4.63. The summed E-state index contributed by atoms with van der Waals surface area (Å²) in [5.41, 5.74) is 6.23. The lowest BCUT2D eigenvalue weighted by Gasteiger charge is -2.28. The van der Waals surface area contributed by atoms with Crippen molar-refractivity contribution in [2.75, 3.05) is 6.54 Å². The van der Waals surface area contributed by atoms with Gasteiger partial charge >= 0.3 is 0 Å². The quantitative estimate of drug-likeness (QED) is 0.523. The van der Waals surface area contributed by atoms with Crippen molar-refractivity contribution in [1.82, 2.24) is 25.1 Å². The van der Waals surface area contributed by atoms with E-state index >= 15 is 0 Å². The molecule has 2 saturated heterocycles. The predicted octanol–water partition coefficient (Wildman–Crippen LogP) is 0.124. The number of hydrogen-bond acceptors (Lipinski definition) is 5. The van der Waals surface area contributed by atoms with E-state index in [1.165, 1.54) is 4.90 Å². The number of rotatable bonds is 8. The van der Waals surface area contributed by atoms with E-state index in [2.05, 4.69) is 29.0 Å². The van der Waals surface area contributed by atoms with Crippen LogP contribution in [0.1, 0.15) is 75.9 Å². The second-order valence-electron chi connectivity index (χ2n) is 9.38. The summed E-state index contributed by atoms with van der Waals surface area (Å²) in [5, 5.41) is 5.46. The van der Waals surface area contributed by atoms with Crippen molar-refractivity contribution in [3.8, 4) is 0 Å². The summed E-state index contributed by atoms with van der Waals surface area (Å²) in [7, 11) is 0. The number of amides is 4. The number of carbonyl (C=O) groups is 4. The summed E-state index contributed by atoms with van der Waals surface area (Å²) in [5.74, 6) is 0.0224. The molecule has 1 aromatic rings. The van der Waals surface area contributed by atoms with Crippen LogP contribution in [0.15, 0.2) is 6.20 Å². The van der Waals surface area contributed by atoms with Gasteiger partial charge in [0.15, 0.2) is 0 Å².